The highest BCUT2D eigenvalue weighted by Gasteiger charge is 2.07. The van der Waals surface area contributed by atoms with Gasteiger partial charge in [-0.1, -0.05) is 51.9 Å². The summed E-state index contributed by atoms with van der Waals surface area (Å²) in [4.78, 5) is 11.9. The van der Waals surface area contributed by atoms with E-state index in [2.05, 4.69) is 6.92 Å². The van der Waals surface area contributed by atoms with Crippen molar-refractivity contribution in [3.05, 3.63) is 23.8 Å². The minimum Gasteiger partial charge on any atom is -0.506 e. The van der Waals surface area contributed by atoms with Gasteiger partial charge in [-0.25, -0.2) is 0 Å². The first-order chi connectivity index (χ1) is 9.65. The number of benzene rings is 1. The van der Waals surface area contributed by atoms with Gasteiger partial charge in [0.15, 0.2) is 5.78 Å². The zero-order valence-corrected chi connectivity index (χ0v) is 12.5. The van der Waals surface area contributed by atoms with E-state index in [4.69, 9.17) is 5.73 Å². The number of ketones is 1. The normalized spacial score (nSPS) is 10.7. The second kappa shape index (κ2) is 9.40. The first kappa shape index (κ1) is 16.5. The number of rotatable bonds is 10. The van der Waals surface area contributed by atoms with E-state index >= 15 is 0 Å². The van der Waals surface area contributed by atoms with Gasteiger partial charge in [0.25, 0.3) is 0 Å². The Morgan fingerprint density at radius 2 is 1.65 bits per heavy atom. The largest absolute Gasteiger partial charge is 0.506 e. The minimum absolute atomic E-state index is 0.0358. The van der Waals surface area contributed by atoms with Crippen LogP contribution in [0.1, 0.15) is 75.1 Å². The van der Waals surface area contributed by atoms with Crippen LogP contribution < -0.4 is 5.73 Å². The maximum Gasteiger partial charge on any atom is 0.162 e. The number of anilines is 1. The van der Waals surface area contributed by atoms with Gasteiger partial charge >= 0.3 is 0 Å². The molecule has 0 unspecified atom stereocenters. The van der Waals surface area contributed by atoms with Crippen LogP contribution in [0.4, 0.5) is 5.69 Å². The fraction of sp³-hybridized carbons (Fsp3) is 0.588. The first-order valence-corrected chi connectivity index (χ1v) is 7.77. The van der Waals surface area contributed by atoms with Crippen molar-refractivity contribution in [3.8, 4) is 5.75 Å². The second-order valence-corrected chi connectivity index (χ2v) is 5.42. The molecule has 0 spiro atoms. The molecule has 3 N–H and O–H groups in total. The summed E-state index contributed by atoms with van der Waals surface area (Å²) in [6.07, 6.45) is 10.4. The van der Waals surface area contributed by atoms with Crippen LogP contribution >= 0.6 is 0 Å². The van der Waals surface area contributed by atoms with E-state index in [0.717, 1.165) is 12.8 Å². The van der Waals surface area contributed by atoms with E-state index in [9.17, 15) is 9.90 Å². The number of unbranched alkanes of at least 4 members (excludes halogenated alkanes) is 7. The Balaban J connectivity index is 2.15. The molecule has 0 fully saturated rings. The van der Waals surface area contributed by atoms with E-state index in [-0.39, 0.29) is 17.2 Å². The smallest absolute Gasteiger partial charge is 0.162 e. The van der Waals surface area contributed by atoms with E-state index in [1.165, 1.54) is 44.6 Å². The highest BCUT2D eigenvalue weighted by Crippen LogP contribution is 2.21. The van der Waals surface area contributed by atoms with Crippen LogP contribution in [-0.4, -0.2) is 10.9 Å². The molecule has 1 aromatic rings. The van der Waals surface area contributed by atoms with Gasteiger partial charge in [0.1, 0.15) is 5.75 Å². The molecule has 112 valence electrons. The van der Waals surface area contributed by atoms with Gasteiger partial charge in [-0.15, -0.1) is 0 Å². The van der Waals surface area contributed by atoms with Crippen molar-refractivity contribution >= 4 is 11.5 Å². The maximum absolute atomic E-state index is 11.9. The van der Waals surface area contributed by atoms with Crippen molar-refractivity contribution in [2.24, 2.45) is 0 Å². The van der Waals surface area contributed by atoms with Crippen LogP contribution in [0, 0.1) is 0 Å². The summed E-state index contributed by atoms with van der Waals surface area (Å²) in [6, 6.07) is 4.68. The summed E-state index contributed by atoms with van der Waals surface area (Å²) in [5.74, 6) is 0.149. The molecule has 0 saturated carbocycles. The van der Waals surface area contributed by atoms with E-state index in [1.54, 1.807) is 12.1 Å². The van der Waals surface area contributed by atoms with Gasteiger partial charge in [0, 0.05) is 12.0 Å². The number of hydrogen-bond acceptors (Lipinski definition) is 3. The molecule has 20 heavy (non-hydrogen) atoms. The lowest BCUT2D eigenvalue weighted by atomic mass is 10.0. The number of phenolic OH excluding ortho intramolecular Hbond substituents is 1. The Morgan fingerprint density at radius 1 is 1.05 bits per heavy atom. The average Bonchev–Trinajstić information content (AvgIpc) is 2.44. The van der Waals surface area contributed by atoms with Crippen LogP contribution in [0.5, 0.6) is 5.75 Å². The third kappa shape index (κ3) is 6.09. The molecule has 0 aliphatic carbocycles. The molecule has 0 heterocycles. The summed E-state index contributed by atoms with van der Waals surface area (Å²) in [6.45, 7) is 2.22. The van der Waals surface area contributed by atoms with Crippen molar-refractivity contribution in [2.75, 3.05) is 5.73 Å². The third-order valence-electron chi connectivity index (χ3n) is 3.61. The van der Waals surface area contributed by atoms with Crippen LogP contribution in [0.25, 0.3) is 0 Å². The number of phenols is 1. The number of nitrogens with two attached hydrogens (primary N) is 1. The molecule has 1 rings (SSSR count). The van der Waals surface area contributed by atoms with Gasteiger partial charge in [-0.3, -0.25) is 4.79 Å². The lowest BCUT2D eigenvalue weighted by Crippen LogP contribution is -2.00. The predicted molar refractivity (Wildman–Crippen MR) is 84.1 cm³/mol. The number of nitrogen functional groups attached to an aromatic ring is 1. The molecule has 0 aliphatic heterocycles. The van der Waals surface area contributed by atoms with E-state index in [1.807, 2.05) is 0 Å². The molecule has 0 atom stereocenters. The third-order valence-corrected chi connectivity index (χ3v) is 3.61. The average molecular weight is 277 g/mol. The van der Waals surface area contributed by atoms with Gasteiger partial charge in [0.05, 0.1) is 5.69 Å². The molecule has 0 aliphatic rings. The fourth-order valence-electron chi connectivity index (χ4n) is 2.29. The standard InChI is InChI=1S/C17H27NO2/c1-2-3-4-5-6-7-8-9-10-16(19)14-11-12-17(20)15(18)13-14/h11-13,20H,2-10,18H2,1H3. The van der Waals surface area contributed by atoms with Crippen molar-refractivity contribution in [2.45, 2.75) is 64.7 Å². The van der Waals surface area contributed by atoms with E-state index in [0.29, 0.717) is 12.0 Å². The molecule has 0 bridgehead atoms. The maximum atomic E-state index is 11.9. The van der Waals surface area contributed by atoms with Gasteiger partial charge in [0.2, 0.25) is 0 Å². The molecule has 0 aromatic heterocycles. The van der Waals surface area contributed by atoms with Crippen molar-refractivity contribution in [1.82, 2.24) is 0 Å². The van der Waals surface area contributed by atoms with Crippen LogP contribution in [0.2, 0.25) is 0 Å². The summed E-state index contributed by atoms with van der Waals surface area (Å²) < 4.78 is 0. The Labute approximate surface area is 122 Å². The molecule has 0 saturated heterocycles. The zero-order chi connectivity index (χ0) is 14.8. The lowest BCUT2D eigenvalue weighted by Gasteiger charge is -2.04. The fourth-order valence-corrected chi connectivity index (χ4v) is 2.29. The zero-order valence-electron chi connectivity index (χ0n) is 12.5. The predicted octanol–water partition coefficient (Wildman–Crippen LogP) is 4.69. The van der Waals surface area contributed by atoms with E-state index < -0.39 is 0 Å². The Morgan fingerprint density at radius 3 is 2.25 bits per heavy atom. The molecule has 0 radical (unpaired) electrons. The summed E-state index contributed by atoms with van der Waals surface area (Å²) in [7, 11) is 0. The lowest BCUT2D eigenvalue weighted by molar-refractivity contribution is 0.0979. The molecule has 3 nitrogen and oxygen atoms in total. The van der Waals surface area contributed by atoms with Crippen molar-refractivity contribution < 1.29 is 9.90 Å². The van der Waals surface area contributed by atoms with Gasteiger partial charge in [-0.05, 0) is 24.6 Å². The molecular weight excluding hydrogens is 250 g/mol. The Hall–Kier alpha value is -1.51. The molecular formula is C17H27NO2. The quantitative estimate of drug-likeness (QED) is 0.282. The van der Waals surface area contributed by atoms with Crippen molar-refractivity contribution in [1.29, 1.82) is 0 Å². The number of carbonyl (C=O) groups excluding carboxylic acids is 1. The summed E-state index contributed by atoms with van der Waals surface area (Å²) in [5.41, 5.74) is 6.46. The van der Waals surface area contributed by atoms with Crippen molar-refractivity contribution in [3.63, 3.8) is 0 Å². The topological polar surface area (TPSA) is 63.3 Å². The number of carbonyl (C=O) groups is 1. The van der Waals surface area contributed by atoms with Crippen LogP contribution in [-0.2, 0) is 0 Å². The highest BCUT2D eigenvalue weighted by atomic mass is 16.3. The highest BCUT2D eigenvalue weighted by molar-refractivity contribution is 5.97. The van der Waals surface area contributed by atoms with Gasteiger partial charge < -0.3 is 10.8 Å². The Kier molecular flexibility index (Phi) is 7.78. The molecule has 0 amide bonds. The Bertz CT molecular complexity index is 415. The SMILES string of the molecule is CCCCCCCCCCC(=O)c1ccc(O)c(N)c1. The summed E-state index contributed by atoms with van der Waals surface area (Å²) >= 11 is 0. The number of aromatic hydroxyl groups is 1. The monoisotopic (exact) mass is 277 g/mol. The second-order valence-electron chi connectivity index (χ2n) is 5.42. The number of Topliss-reactive ketones (excluding diaryl/α,β-unsaturated/α-hetero) is 1. The molecule has 3 heteroatoms. The van der Waals surface area contributed by atoms with Gasteiger partial charge in [-0.2, -0.15) is 0 Å². The first-order valence-electron chi connectivity index (χ1n) is 7.77. The van der Waals surface area contributed by atoms with Crippen LogP contribution in [0.3, 0.4) is 0 Å². The molecule has 1 aromatic carbocycles. The summed E-state index contributed by atoms with van der Waals surface area (Å²) in [5, 5.41) is 9.32. The minimum atomic E-state index is 0.0358. The van der Waals surface area contributed by atoms with Crippen LogP contribution in [0.15, 0.2) is 18.2 Å². The number of hydrogen-bond donors (Lipinski definition) is 2.